The highest BCUT2D eigenvalue weighted by Gasteiger charge is 2.36. The Morgan fingerprint density at radius 1 is 1.00 bits per heavy atom. The number of hydrogen-bond acceptors (Lipinski definition) is 7. The van der Waals surface area contributed by atoms with Gasteiger partial charge in [-0.05, 0) is 86.1 Å². The van der Waals surface area contributed by atoms with Gasteiger partial charge in [-0.1, -0.05) is 35.9 Å². The summed E-state index contributed by atoms with van der Waals surface area (Å²) in [6.07, 6.45) is 3.84. The molecule has 42 heavy (non-hydrogen) atoms. The first-order chi connectivity index (χ1) is 20.3. The fourth-order valence-electron chi connectivity index (χ4n) is 4.20. The molecule has 3 amide bonds. The highest BCUT2D eigenvalue weighted by Crippen LogP contribution is 2.38. The number of ether oxygens (including phenoxy) is 3. The van der Waals surface area contributed by atoms with Crippen LogP contribution in [0.4, 0.5) is 10.5 Å². The largest absolute Gasteiger partial charge is 0.494 e. The minimum absolute atomic E-state index is 0.200. The minimum atomic E-state index is -0.547. The number of nitrogens with one attached hydrogen (secondary N) is 1. The lowest BCUT2D eigenvalue weighted by atomic mass is 10.0. The summed E-state index contributed by atoms with van der Waals surface area (Å²) in [7, 11) is 0. The predicted molar refractivity (Wildman–Crippen MR) is 166 cm³/mol. The number of carbonyl (C=O) groups is 3. The van der Waals surface area contributed by atoms with Gasteiger partial charge in [0.05, 0.1) is 18.1 Å². The fraction of sp³-hybridized carbons (Fsp3) is 0.219. The highest BCUT2D eigenvalue weighted by molar-refractivity contribution is 8.18. The molecule has 1 heterocycles. The number of carbonyl (C=O) groups excluding carboxylic acids is 3. The Bertz CT molecular complexity index is 1510. The maximum atomic E-state index is 13.1. The zero-order valence-electron chi connectivity index (χ0n) is 23.4. The Kier molecular flexibility index (Phi) is 10.7. The van der Waals surface area contributed by atoms with Crippen LogP contribution in [0.1, 0.15) is 30.5 Å². The normalized spacial score (nSPS) is 13.8. The molecule has 4 rings (SSSR count). The maximum absolute atomic E-state index is 13.1. The molecular formula is C32H31ClN2O6S. The molecule has 0 unspecified atom stereocenters. The van der Waals surface area contributed by atoms with Gasteiger partial charge in [0.1, 0.15) is 18.9 Å². The van der Waals surface area contributed by atoms with Crippen LogP contribution in [0, 0.1) is 0 Å². The molecule has 1 aliphatic rings. The van der Waals surface area contributed by atoms with Crippen molar-refractivity contribution in [2.75, 3.05) is 25.1 Å². The minimum Gasteiger partial charge on any atom is -0.494 e. The van der Waals surface area contributed by atoms with E-state index in [2.05, 4.69) is 11.9 Å². The summed E-state index contributed by atoms with van der Waals surface area (Å²) in [5.41, 5.74) is 2.80. The Morgan fingerprint density at radius 3 is 2.43 bits per heavy atom. The van der Waals surface area contributed by atoms with Crippen LogP contribution in [0.25, 0.3) is 6.08 Å². The predicted octanol–water partition coefficient (Wildman–Crippen LogP) is 7.12. The lowest BCUT2D eigenvalue weighted by molar-refractivity contribution is -0.127. The van der Waals surface area contributed by atoms with Gasteiger partial charge in [0, 0.05) is 21.8 Å². The highest BCUT2D eigenvalue weighted by atomic mass is 35.5. The molecule has 1 N–H and O–H groups in total. The third-order valence-electron chi connectivity index (χ3n) is 6.07. The Hall–Kier alpha value is -4.21. The van der Waals surface area contributed by atoms with E-state index in [-0.39, 0.29) is 11.5 Å². The van der Waals surface area contributed by atoms with Crippen LogP contribution in [0.2, 0.25) is 5.02 Å². The van der Waals surface area contributed by atoms with E-state index in [9.17, 15) is 14.4 Å². The van der Waals surface area contributed by atoms with Crippen molar-refractivity contribution in [2.45, 2.75) is 26.9 Å². The number of allylic oxidation sites excluding steroid dienone is 1. The van der Waals surface area contributed by atoms with Crippen LogP contribution in [-0.4, -0.2) is 41.7 Å². The average molecular weight is 607 g/mol. The lowest BCUT2D eigenvalue weighted by Crippen LogP contribution is -2.36. The molecule has 0 radical (unpaired) electrons. The lowest BCUT2D eigenvalue weighted by Gasteiger charge is -2.17. The second kappa shape index (κ2) is 14.6. The molecule has 0 spiro atoms. The molecule has 1 aliphatic heterocycles. The summed E-state index contributed by atoms with van der Waals surface area (Å²) in [4.78, 5) is 39.6. The van der Waals surface area contributed by atoms with Crippen molar-refractivity contribution in [1.82, 2.24) is 4.90 Å². The van der Waals surface area contributed by atoms with Crippen molar-refractivity contribution in [1.29, 1.82) is 0 Å². The molecule has 10 heteroatoms. The van der Waals surface area contributed by atoms with E-state index in [1.807, 2.05) is 38.1 Å². The van der Waals surface area contributed by atoms with Crippen molar-refractivity contribution in [3.63, 3.8) is 0 Å². The van der Waals surface area contributed by atoms with Crippen LogP contribution in [-0.2, 0) is 22.6 Å². The van der Waals surface area contributed by atoms with Gasteiger partial charge in [0.25, 0.3) is 11.1 Å². The summed E-state index contributed by atoms with van der Waals surface area (Å²) >= 11 is 7.09. The van der Waals surface area contributed by atoms with Gasteiger partial charge < -0.3 is 19.5 Å². The molecule has 3 aromatic carbocycles. The zero-order chi connectivity index (χ0) is 30.1. The molecule has 0 bridgehead atoms. The molecule has 0 aliphatic carbocycles. The number of thioether (sulfide) groups is 1. The van der Waals surface area contributed by atoms with Crippen LogP contribution in [0.5, 0.6) is 17.2 Å². The van der Waals surface area contributed by atoms with E-state index in [1.54, 1.807) is 48.6 Å². The Labute approximate surface area is 254 Å². The van der Waals surface area contributed by atoms with Gasteiger partial charge in [-0.15, -0.1) is 6.58 Å². The standard InChI is InChI=1S/C32H31ClN2O6S/c1-4-9-22-16-21(17-27(40-6-3)30(22)41-20-23-10-7-8-11-26(23)33)18-28-31(37)35(32(38)42-28)19-29(36)34-24-12-14-25(15-13-24)39-5-2/h4,7-8,10-18H,1,5-6,9,19-20H2,2-3H3,(H,34,36)/b28-18+. The summed E-state index contributed by atoms with van der Waals surface area (Å²) < 4.78 is 17.5. The molecule has 0 saturated carbocycles. The fourth-order valence-corrected chi connectivity index (χ4v) is 5.23. The molecule has 0 aromatic heterocycles. The van der Waals surface area contributed by atoms with Crippen LogP contribution < -0.4 is 19.5 Å². The first-order valence-corrected chi connectivity index (χ1v) is 14.6. The third-order valence-corrected chi connectivity index (χ3v) is 7.35. The van der Waals surface area contributed by atoms with E-state index >= 15 is 0 Å². The average Bonchev–Trinajstić information content (AvgIpc) is 3.22. The summed E-state index contributed by atoms with van der Waals surface area (Å²) in [5.74, 6) is 0.677. The first-order valence-electron chi connectivity index (χ1n) is 13.4. The second-order valence-electron chi connectivity index (χ2n) is 9.09. The molecule has 8 nitrogen and oxygen atoms in total. The summed E-state index contributed by atoms with van der Waals surface area (Å²) in [6.45, 7) is 8.35. The monoisotopic (exact) mass is 606 g/mol. The number of imide groups is 1. The van der Waals surface area contributed by atoms with Gasteiger partial charge in [0.15, 0.2) is 11.5 Å². The van der Waals surface area contributed by atoms with Crippen LogP contribution in [0.3, 0.4) is 0 Å². The van der Waals surface area contributed by atoms with E-state index < -0.39 is 23.6 Å². The number of hydrogen-bond donors (Lipinski definition) is 1. The van der Waals surface area contributed by atoms with Gasteiger partial charge in [-0.3, -0.25) is 19.3 Å². The van der Waals surface area contributed by atoms with Crippen molar-refractivity contribution in [3.05, 3.63) is 99.9 Å². The first kappa shape index (κ1) is 30.7. The maximum Gasteiger partial charge on any atom is 0.294 e. The third kappa shape index (κ3) is 7.74. The van der Waals surface area contributed by atoms with E-state index in [0.29, 0.717) is 53.2 Å². The number of rotatable bonds is 13. The Balaban J connectivity index is 1.51. The van der Waals surface area contributed by atoms with Crippen molar-refractivity contribution >= 4 is 52.2 Å². The Morgan fingerprint density at radius 2 is 1.74 bits per heavy atom. The summed E-state index contributed by atoms with van der Waals surface area (Å²) in [5, 5.41) is 2.78. The molecule has 0 atom stereocenters. The van der Waals surface area contributed by atoms with E-state index in [4.69, 9.17) is 25.8 Å². The summed E-state index contributed by atoms with van der Waals surface area (Å²) in [6, 6.07) is 17.9. The molecular weight excluding hydrogens is 576 g/mol. The molecule has 1 saturated heterocycles. The number of amides is 3. The quantitative estimate of drug-likeness (QED) is 0.163. The van der Waals surface area contributed by atoms with E-state index in [1.165, 1.54) is 0 Å². The van der Waals surface area contributed by atoms with Crippen molar-refractivity contribution in [2.24, 2.45) is 0 Å². The molecule has 218 valence electrons. The number of nitrogens with zero attached hydrogens (tertiary/aromatic N) is 1. The molecule has 1 fully saturated rings. The number of anilines is 1. The van der Waals surface area contributed by atoms with Gasteiger partial charge in [-0.2, -0.15) is 0 Å². The number of halogens is 1. The topological polar surface area (TPSA) is 94.2 Å². The SMILES string of the molecule is C=CCc1cc(/C=C2/SC(=O)N(CC(=O)Nc3ccc(OCC)cc3)C2=O)cc(OCC)c1OCc1ccccc1Cl. The van der Waals surface area contributed by atoms with E-state index in [0.717, 1.165) is 27.8 Å². The van der Waals surface area contributed by atoms with Crippen LogP contribution in [0.15, 0.2) is 78.2 Å². The molecule has 3 aromatic rings. The van der Waals surface area contributed by atoms with Gasteiger partial charge in [0.2, 0.25) is 5.91 Å². The second-order valence-corrected chi connectivity index (χ2v) is 10.5. The smallest absolute Gasteiger partial charge is 0.294 e. The van der Waals surface area contributed by atoms with Gasteiger partial charge in [-0.25, -0.2) is 0 Å². The van der Waals surface area contributed by atoms with Crippen molar-refractivity contribution < 1.29 is 28.6 Å². The van der Waals surface area contributed by atoms with Crippen LogP contribution >= 0.6 is 23.4 Å². The number of benzene rings is 3. The van der Waals surface area contributed by atoms with Crippen molar-refractivity contribution in [3.8, 4) is 17.2 Å². The van der Waals surface area contributed by atoms with Gasteiger partial charge >= 0.3 is 0 Å². The zero-order valence-corrected chi connectivity index (χ0v) is 24.9.